The second kappa shape index (κ2) is 10.2. The number of carbonyl (C=O) groups is 2. The molecule has 3 rings (SSSR count). The highest BCUT2D eigenvalue weighted by molar-refractivity contribution is 5.95. The lowest BCUT2D eigenvalue weighted by atomic mass is 9.92. The van der Waals surface area contributed by atoms with Gasteiger partial charge in [-0.3, -0.25) is 14.4 Å². The average molecular weight is 429 g/mol. The Morgan fingerprint density at radius 3 is 2.44 bits per heavy atom. The van der Waals surface area contributed by atoms with Gasteiger partial charge in [-0.1, -0.05) is 24.3 Å². The molecule has 2 aromatic carbocycles. The molecular weight excluding hydrogens is 406 g/mol. The van der Waals surface area contributed by atoms with Crippen molar-refractivity contribution in [2.75, 3.05) is 7.11 Å². The summed E-state index contributed by atoms with van der Waals surface area (Å²) in [6.07, 6.45) is 1.94. The maximum absolute atomic E-state index is 12.8. The summed E-state index contributed by atoms with van der Waals surface area (Å²) < 4.78 is 4.94. The highest BCUT2D eigenvalue weighted by atomic mass is 16.5. The van der Waals surface area contributed by atoms with Crippen molar-refractivity contribution in [1.82, 2.24) is 10.3 Å². The minimum Gasteiger partial charge on any atom is -0.469 e. The van der Waals surface area contributed by atoms with Crippen molar-refractivity contribution >= 4 is 11.9 Å². The second-order valence-corrected chi connectivity index (χ2v) is 7.43. The van der Waals surface area contributed by atoms with Gasteiger partial charge in [0.25, 0.3) is 5.91 Å². The monoisotopic (exact) mass is 429 g/mol. The number of H-pyrrole nitrogens is 1. The van der Waals surface area contributed by atoms with Crippen LogP contribution in [0.2, 0.25) is 0 Å². The third kappa shape index (κ3) is 5.49. The van der Waals surface area contributed by atoms with Crippen molar-refractivity contribution in [3.63, 3.8) is 0 Å². The molecule has 1 heterocycles. The van der Waals surface area contributed by atoms with Gasteiger partial charge >= 0.3 is 5.97 Å². The average Bonchev–Trinajstić information content (AvgIpc) is 2.82. The van der Waals surface area contributed by atoms with Crippen LogP contribution >= 0.6 is 0 Å². The number of esters is 1. The minimum absolute atomic E-state index is 0.182. The Labute approximate surface area is 185 Å². The number of aromatic amines is 1. The number of amides is 1. The SMILES string of the molecule is COC(=O)C(Cc1cccc(C#N)c1)C(C)NC(=O)c1ccc(-c2ccc(=O)[nH]c2)cc1. The summed E-state index contributed by atoms with van der Waals surface area (Å²) in [5, 5.41) is 12.0. The van der Waals surface area contributed by atoms with Crippen LogP contribution in [0.4, 0.5) is 0 Å². The summed E-state index contributed by atoms with van der Waals surface area (Å²) in [7, 11) is 1.31. The Morgan fingerprint density at radius 2 is 1.81 bits per heavy atom. The number of pyridine rings is 1. The number of rotatable bonds is 7. The first-order valence-corrected chi connectivity index (χ1v) is 10.1. The van der Waals surface area contributed by atoms with Gasteiger partial charge in [0.1, 0.15) is 0 Å². The highest BCUT2D eigenvalue weighted by Crippen LogP contribution is 2.19. The van der Waals surface area contributed by atoms with Crippen molar-refractivity contribution in [1.29, 1.82) is 5.26 Å². The second-order valence-electron chi connectivity index (χ2n) is 7.43. The molecular formula is C25H23N3O4. The fourth-order valence-corrected chi connectivity index (χ4v) is 3.43. The van der Waals surface area contributed by atoms with E-state index in [1.54, 1.807) is 61.7 Å². The van der Waals surface area contributed by atoms with Crippen molar-refractivity contribution in [3.05, 3.63) is 93.9 Å². The van der Waals surface area contributed by atoms with E-state index < -0.39 is 17.9 Å². The number of hydrogen-bond acceptors (Lipinski definition) is 5. The molecule has 2 atom stereocenters. The fourth-order valence-electron chi connectivity index (χ4n) is 3.43. The lowest BCUT2D eigenvalue weighted by Gasteiger charge is -2.23. The smallest absolute Gasteiger partial charge is 0.311 e. The van der Waals surface area contributed by atoms with E-state index in [-0.39, 0.29) is 11.5 Å². The summed E-state index contributed by atoms with van der Waals surface area (Å²) in [5.74, 6) is -1.36. The van der Waals surface area contributed by atoms with Gasteiger partial charge in [0.05, 0.1) is 24.7 Å². The topological polar surface area (TPSA) is 112 Å². The van der Waals surface area contributed by atoms with Crippen LogP contribution in [-0.4, -0.2) is 30.0 Å². The predicted molar refractivity (Wildman–Crippen MR) is 120 cm³/mol. The van der Waals surface area contributed by atoms with Crippen LogP contribution in [-0.2, 0) is 16.0 Å². The standard InChI is InChI=1S/C25H23N3O4/c1-16(22(25(31)32-2)13-17-4-3-5-18(12-17)14-26)28-24(30)20-8-6-19(7-9-20)21-10-11-23(29)27-15-21/h3-12,15-16,22H,13H2,1-2H3,(H,27,29)(H,28,30). The van der Waals surface area contributed by atoms with E-state index in [4.69, 9.17) is 10.00 Å². The van der Waals surface area contributed by atoms with Gasteiger partial charge in [-0.15, -0.1) is 0 Å². The number of nitriles is 1. The van der Waals surface area contributed by atoms with Crippen molar-refractivity contribution in [3.8, 4) is 17.2 Å². The van der Waals surface area contributed by atoms with E-state index in [1.165, 1.54) is 13.2 Å². The van der Waals surface area contributed by atoms with E-state index in [0.29, 0.717) is 17.5 Å². The van der Waals surface area contributed by atoms with Crippen LogP contribution in [0, 0.1) is 17.2 Å². The molecule has 3 aromatic rings. The molecule has 7 heteroatoms. The summed E-state index contributed by atoms with van der Waals surface area (Å²) in [5.41, 5.74) is 3.26. The van der Waals surface area contributed by atoms with Gasteiger partial charge in [-0.2, -0.15) is 5.26 Å². The number of benzene rings is 2. The van der Waals surface area contributed by atoms with E-state index in [2.05, 4.69) is 16.4 Å². The maximum atomic E-state index is 12.8. The number of carbonyl (C=O) groups excluding carboxylic acids is 2. The lowest BCUT2D eigenvalue weighted by molar-refractivity contribution is -0.146. The molecule has 0 saturated heterocycles. The Morgan fingerprint density at radius 1 is 1.09 bits per heavy atom. The van der Waals surface area contributed by atoms with E-state index >= 15 is 0 Å². The normalized spacial score (nSPS) is 12.3. The molecule has 7 nitrogen and oxygen atoms in total. The van der Waals surface area contributed by atoms with Gasteiger partial charge < -0.3 is 15.0 Å². The Balaban J connectivity index is 1.72. The third-order valence-corrected chi connectivity index (χ3v) is 5.24. The van der Waals surface area contributed by atoms with Gasteiger partial charge in [0.15, 0.2) is 0 Å². The molecule has 0 aliphatic rings. The van der Waals surface area contributed by atoms with Gasteiger partial charge in [0.2, 0.25) is 5.56 Å². The molecule has 162 valence electrons. The van der Waals surface area contributed by atoms with Crippen LogP contribution in [0.15, 0.2) is 71.7 Å². The van der Waals surface area contributed by atoms with Gasteiger partial charge in [0, 0.05) is 23.9 Å². The van der Waals surface area contributed by atoms with E-state index in [0.717, 1.165) is 16.7 Å². The number of hydrogen-bond donors (Lipinski definition) is 2. The molecule has 0 saturated carbocycles. The van der Waals surface area contributed by atoms with Crippen LogP contribution in [0.5, 0.6) is 0 Å². The van der Waals surface area contributed by atoms with Crippen LogP contribution < -0.4 is 10.9 Å². The molecule has 1 amide bonds. The summed E-state index contributed by atoms with van der Waals surface area (Å²) >= 11 is 0. The zero-order valence-electron chi connectivity index (χ0n) is 17.8. The lowest BCUT2D eigenvalue weighted by Crippen LogP contribution is -2.42. The number of methoxy groups -OCH3 is 1. The Kier molecular flexibility index (Phi) is 7.19. The number of ether oxygens (including phenoxy) is 1. The van der Waals surface area contributed by atoms with Crippen molar-refractivity contribution in [2.45, 2.75) is 19.4 Å². The summed E-state index contributed by atoms with van der Waals surface area (Å²) in [4.78, 5) is 39.0. The Hall–Kier alpha value is -4.18. The minimum atomic E-state index is -0.613. The molecule has 2 N–H and O–H groups in total. The van der Waals surface area contributed by atoms with Crippen LogP contribution in [0.3, 0.4) is 0 Å². The first kappa shape index (κ1) is 22.5. The van der Waals surface area contributed by atoms with Crippen LogP contribution in [0.1, 0.15) is 28.4 Å². The molecule has 0 aliphatic heterocycles. The first-order valence-electron chi connectivity index (χ1n) is 10.1. The summed E-state index contributed by atoms with van der Waals surface area (Å²) in [6, 6.07) is 18.7. The maximum Gasteiger partial charge on any atom is 0.311 e. The molecule has 32 heavy (non-hydrogen) atoms. The first-order chi connectivity index (χ1) is 15.4. The molecule has 2 unspecified atom stereocenters. The van der Waals surface area contributed by atoms with Crippen molar-refractivity contribution < 1.29 is 14.3 Å². The molecule has 0 bridgehead atoms. The zero-order chi connectivity index (χ0) is 23.1. The zero-order valence-corrected chi connectivity index (χ0v) is 17.8. The van der Waals surface area contributed by atoms with Crippen molar-refractivity contribution in [2.24, 2.45) is 5.92 Å². The predicted octanol–water partition coefficient (Wildman–Crippen LogP) is 3.06. The van der Waals surface area contributed by atoms with Gasteiger partial charge in [-0.25, -0.2) is 0 Å². The summed E-state index contributed by atoms with van der Waals surface area (Å²) in [6.45, 7) is 1.75. The number of nitrogens with one attached hydrogen (secondary N) is 2. The molecule has 1 aromatic heterocycles. The quantitative estimate of drug-likeness (QED) is 0.561. The number of nitrogens with zero attached hydrogens (tertiary/aromatic N) is 1. The molecule has 0 spiro atoms. The largest absolute Gasteiger partial charge is 0.469 e. The third-order valence-electron chi connectivity index (χ3n) is 5.24. The van der Waals surface area contributed by atoms with E-state index in [1.807, 2.05) is 6.07 Å². The van der Waals surface area contributed by atoms with Gasteiger partial charge in [-0.05, 0) is 60.4 Å². The van der Waals surface area contributed by atoms with E-state index in [9.17, 15) is 14.4 Å². The highest BCUT2D eigenvalue weighted by Gasteiger charge is 2.28. The molecule has 0 fully saturated rings. The fraction of sp³-hybridized carbons (Fsp3) is 0.200. The van der Waals surface area contributed by atoms with Crippen LogP contribution in [0.25, 0.3) is 11.1 Å². The molecule has 0 aliphatic carbocycles. The number of aromatic nitrogens is 1. The molecule has 0 radical (unpaired) electrons. The Bertz CT molecular complexity index is 1190.